The van der Waals surface area contributed by atoms with Crippen molar-refractivity contribution in [1.29, 1.82) is 0 Å². The second-order valence-corrected chi connectivity index (χ2v) is 7.35. The zero-order valence-electron chi connectivity index (χ0n) is 14.2. The number of carbonyl (C=O) groups is 1. The van der Waals surface area contributed by atoms with E-state index in [1.807, 2.05) is 13.0 Å². The molecular formula is C19H28ClNO2. The summed E-state index contributed by atoms with van der Waals surface area (Å²) in [6.45, 7) is 7.88. The van der Waals surface area contributed by atoms with Crippen LogP contribution >= 0.6 is 12.4 Å². The van der Waals surface area contributed by atoms with Crippen molar-refractivity contribution in [3.63, 3.8) is 0 Å². The quantitative estimate of drug-likeness (QED) is 0.830. The lowest BCUT2D eigenvalue weighted by atomic mass is 9.45. The average Bonchev–Trinajstić information content (AvgIpc) is 2.53. The Morgan fingerprint density at radius 3 is 2.57 bits per heavy atom. The molecule has 3 aliphatic rings. The molecule has 1 aromatic carbocycles. The van der Waals surface area contributed by atoms with Crippen LogP contribution in [0.4, 0.5) is 0 Å². The van der Waals surface area contributed by atoms with Crippen LogP contribution < -0.4 is 5.32 Å². The Labute approximate surface area is 145 Å². The van der Waals surface area contributed by atoms with E-state index in [-0.39, 0.29) is 30.3 Å². The van der Waals surface area contributed by atoms with Crippen molar-refractivity contribution >= 4 is 18.4 Å². The normalized spacial score (nSPS) is 30.7. The molecule has 0 unspecified atom stereocenters. The Kier molecular flexibility index (Phi) is 5.74. The van der Waals surface area contributed by atoms with E-state index in [4.69, 9.17) is 4.74 Å². The first kappa shape index (κ1) is 18.3. The lowest BCUT2D eigenvalue weighted by Gasteiger charge is -2.62. The fourth-order valence-electron chi connectivity index (χ4n) is 4.41. The van der Waals surface area contributed by atoms with Gasteiger partial charge in [0.25, 0.3) is 0 Å². The molecular weight excluding hydrogens is 310 g/mol. The van der Waals surface area contributed by atoms with Crippen LogP contribution in [0.1, 0.15) is 39.2 Å². The molecule has 128 valence electrons. The van der Waals surface area contributed by atoms with Gasteiger partial charge in [0.05, 0.1) is 12.5 Å². The Hall–Kier alpha value is -1.06. The zero-order chi connectivity index (χ0) is 15.7. The van der Waals surface area contributed by atoms with Gasteiger partial charge in [0.2, 0.25) is 0 Å². The Morgan fingerprint density at radius 1 is 1.26 bits per heavy atom. The molecule has 0 heterocycles. The average molecular weight is 338 g/mol. The number of nitrogens with one attached hydrogen (secondary N) is 1. The zero-order valence-corrected chi connectivity index (χ0v) is 15.1. The van der Waals surface area contributed by atoms with Gasteiger partial charge in [-0.25, -0.2) is 0 Å². The van der Waals surface area contributed by atoms with Gasteiger partial charge in [0, 0.05) is 12.6 Å². The number of esters is 1. The van der Waals surface area contributed by atoms with Gasteiger partial charge < -0.3 is 10.1 Å². The predicted octanol–water partition coefficient (Wildman–Crippen LogP) is 3.81. The summed E-state index contributed by atoms with van der Waals surface area (Å²) in [7, 11) is 0. The van der Waals surface area contributed by atoms with Gasteiger partial charge in [-0.15, -0.1) is 12.4 Å². The van der Waals surface area contributed by atoms with Crippen molar-refractivity contribution in [3.8, 4) is 0 Å². The first-order valence-electron chi connectivity index (χ1n) is 8.48. The molecule has 4 atom stereocenters. The molecule has 4 rings (SSSR count). The molecule has 3 nitrogen and oxygen atoms in total. The van der Waals surface area contributed by atoms with Crippen molar-refractivity contribution < 1.29 is 9.53 Å². The van der Waals surface area contributed by atoms with Gasteiger partial charge in [-0.05, 0) is 42.6 Å². The van der Waals surface area contributed by atoms with Crippen molar-refractivity contribution in [2.45, 2.75) is 46.2 Å². The molecule has 2 bridgehead atoms. The highest BCUT2D eigenvalue weighted by atomic mass is 35.5. The molecule has 3 aliphatic carbocycles. The summed E-state index contributed by atoms with van der Waals surface area (Å²) in [4.78, 5) is 12.3. The van der Waals surface area contributed by atoms with Crippen LogP contribution in [0.25, 0.3) is 0 Å². The van der Waals surface area contributed by atoms with Gasteiger partial charge in [-0.2, -0.15) is 0 Å². The van der Waals surface area contributed by atoms with E-state index >= 15 is 0 Å². The first-order valence-corrected chi connectivity index (χ1v) is 8.48. The number of fused-ring (bicyclic) bond motifs is 2. The monoisotopic (exact) mass is 337 g/mol. The van der Waals surface area contributed by atoms with Gasteiger partial charge in [-0.1, -0.05) is 44.2 Å². The molecule has 1 N–H and O–H groups in total. The Balaban J connectivity index is 0.00000192. The smallest absolute Gasteiger partial charge is 0.310 e. The van der Waals surface area contributed by atoms with E-state index in [9.17, 15) is 4.79 Å². The number of benzene rings is 1. The first-order chi connectivity index (χ1) is 10.5. The fraction of sp³-hybridized carbons (Fsp3) is 0.632. The standard InChI is InChI=1S/C19H27NO2.ClH/c1-4-22-18(21)15-10-14-11-16(19(14,2)3)17(15)20-12-13-8-6-5-7-9-13;/h5-9,14-17,20H,4,10-12H2,1-3H3;1H/t14-,15-,16-,17-;/m0./s1. The highest BCUT2D eigenvalue weighted by Crippen LogP contribution is 2.60. The van der Waals surface area contributed by atoms with Gasteiger partial charge >= 0.3 is 5.97 Å². The van der Waals surface area contributed by atoms with E-state index in [1.54, 1.807) is 0 Å². The van der Waals surface area contributed by atoms with Crippen molar-refractivity contribution in [2.75, 3.05) is 6.61 Å². The molecule has 1 aromatic rings. The van der Waals surface area contributed by atoms with E-state index in [2.05, 4.69) is 43.4 Å². The van der Waals surface area contributed by atoms with Crippen LogP contribution in [0.15, 0.2) is 30.3 Å². The van der Waals surface area contributed by atoms with Crippen LogP contribution in [0.2, 0.25) is 0 Å². The Morgan fingerprint density at radius 2 is 1.96 bits per heavy atom. The molecule has 0 amide bonds. The number of hydrogen-bond donors (Lipinski definition) is 1. The summed E-state index contributed by atoms with van der Waals surface area (Å²) in [5.41, 5.74) is 1.61. The molecule has 0 aliphatic heterocycles. The summed E-state index contributed by atoms with van der Waals surface area (Å²) in [6, 6.07) is 10.6. The van der Waals surface area contributed by atoms with E-state index in [1.165, 1.54) is 12.0 Å². The maximum Gasteiger partial charge on any atom is 0.310 e. The van der Waals surface area contributed by atoms with Crippen molar-refractivity contribution in [2.24, 2.45) is 23.2 Å². The van der Waals surface area contributed by atoms with Crippen LogP contribution in [0, 0.1) is 23.2 Å². The highest BCUT2D eigenvalue weighted by molar-refractivity contribution is 5.85. The summed E-state index contributed by atoms with van der Waals surface area (Å²) >= 11 is 0. The lowest BCUT2D eigenvalue weighted by Crippen LogP contribution is -2.64. The molecule has 0 radical (unpaired) electrons. The second kappa shape index (κ2) is 7.23. The van der Waals surface area contributed by atoms with Gasteiger partial charge in [0.1, 0.15) is 0 Å². The summed E-state index contributed by atoms with van der Waals surface area (Å²) in [6.07, 6.45) is 2.21. The molecule has 23 heavy (non-hydrogen) atoms. The maximum atomic E-state index is 12.3. The van der Waals surface area contributed by atoms with Gasteiger partial charge in [0.15, 0.2) is 0 Å². The van der Waals surface area contributed by atoms with E-state index in [0.717, 1.165) is 13.0 Å². The molecule has 0 aromatic heterocycles. The fourth-order valence-corrected chi connectivity index (χ4v) is 4.41. The van der Waals surface area contributed by atoms with Gasteiger partial charge in [-0.3, -0.25) is 4.79 Å². The third kappa shape index (κ3) is 3.41. The van der Waals surface area contributed by atoms with Crippen molar-refractivity contribution in [1.82, 2.24) is 5.32 Å². The summed E-state index contributed by atoms with van der Waals surface area (Å²) in [5.74, 6) is 1.24. The largest absolute Gasteiger partial charge is 0.466 e. The van der Waals surface area contributed by atoms with E-state index in [0.29, 0.717) is 23.9 Å². The molecule has 0 spiro atoms. The minimum absolute atomic E-state index is 0. The number of rotatable bonds is 5. The third-order valence-corrected chi connectivity index (χ3v) is 5.93. The molecule has 4 heteroatoms. The van der Waals surface area contributed by atoms with Crippen LogP contribution in [-0.2, 0) is 16.1 Å². The van der Waals surface area contributed by atoms with Crippen LogP contribution in [0.3, 0.4) is 0 Å². The van der Waals surface area contributed by atoms with E-state index < -0.39 is 0 Å². The molecule has 3 fully saturated rings. The number of ether oxygens (including phenoxy) is 1. The summed E-state index contributed by atoms with van der Waals surface area (Å²) < 4.78 is 5.32. The summed E-state index contributed by atoms with van der Waals surface area (Å²) in [5, 5.41) is 3.67. The second-order valence-electron chi connectivity index (χ2n) is 7.35. The maximum absolute atomic E-state index is 12.3. The number of carbonyl (C=O) groups excluding carboxylic acids is 1. The molecule has 0 saturated heterocycles. The SMILES string of the molecule is CCOC(=O)[C@H]1C[C@H]2C[C@@H]([C@H]1NCc1ccccc1)C2(C)C.Cl. The third-order valence-electron chi connectivity index (χ3n) is 5.93. The number of hydrogen-bond acceptors (Lipinski definition) is 3. The predicted molar refractivity (Wildman–Crippen MR) is 94.4 cm³/mol. The highest BCUT2D eigenvalue weighted by Gasteiger charge is 2.59. The molecule has 3 saturated carbocycles. The minimum Gasteiger partial charge on any atom is -0.466 e. The van der Waals surface area contributed by atoms with Crippen LogP contribution in [-0.4, -0.2) is 18.6 Å². The minimum atomic E-state index is -0.0155. The topological polar surface area (TPSA) is 38.3 Å². The number of halogens is 1. The lowest BCUT2D eigenvalue weighted by molar-refractivity contribution is -0.167. The van der Waals surface area contributed by atoms with Crippen LogP contribution in [0.5, 0.6) is 0 Å². The van der Waals surface area contributed by atoms with Crippen molar-refractivity contribution in [3.05, 3.63) is 35.9 Å². The Bertz CT molecular complexity index is 531.